The molecule has 0 aliphatic heterocycles. The highest BCUT2D eigenvalue weighted by molar-refractivity contribution is 5.92. The maximum absolute atomic E-state index is 12.4. The van der Waals surface area contributed by atoms with Gasteiger partial charge < -0.3 is 20.1 Å². The average molecular weight is 643 g/mol. The van der Waals surface area contributed by atoms with Crippen LogP contribution in [0, 0.1) is 0 Å². The molecule has 2 amide bonds. The number of carbonyl (C=O) groups is 2. The molecule has 0 bridgehead atoms. The van der Waals surface area contributed by atoms with Crippen LogP contribution < -0.4 is 20.1 Å². The van der Waals surface area contributed by atoms with Crippen LogP contribution in [0.3, 0.4) is 0 Å². The van der Waals surface area contributed by atoms with E-state index in [9.17, 15) is 9.59 Å². The molecule has 0 spiro atoms. The van der Waals surface area contributed by atoms with Gasteiger partial charge in [0, 0.05) is 34.9 Å². The molecule has 4 aromatic carbocycles. The Morgan fingerprint density at radius 2 is 0.896 bits per heavy atom. The molecule has 0 radical (unpaired) electrons. The molecule has 0 fully saturated rings. The summed E-state index contributed by atoms with van der Waals surface area (Å²) in [7, 11) is 0. The molecular formula is C40H42N4O4. The van der Waals surface area contributed by atoms with Crippen LogP contribution >= 0.6 is 0 Å². The Bertz CT molecular complexity index is 1680. The van der Waals surface area contributed by atoms with Crippen molar-refractivity contribution < 1.29 is 19.1 Å². The Hall–Kier alpha value is -5.50. The van der Waals surface area contributed by atoms with E-state index in [-0.39, 0.29) is 35.9 Å². The van der Waals surface area contributed by atoms with Crippen molar-refractivity contribution in [1.29, 1.82) is 0 Å². The van der Waals surface area contributed by atoms with Crippen molar-refractivity contribution in [3.05, 3.63) is 121 Å². The maximum atomic E-state index is 12.4. The first-order valence-electron chi connectivity index (χ1n) is 15.9. The second-order valence-corrected chi connectivity index (χ2v) is 13.7. The standard InChI is InChI=1S/C40H42N4O4/c1-39(2,3)30-11-19-34(20-12-30)47-25-36(45)43-32-15-7-27(8-16-32)29-23-41-38(42-24-29)28-9-17-33(18-10-28)44-37(46)26-48-35-21-13-31(14-22-35)40(4,5)6/h7-24H,25-26H2,1-6H3,(H,43,45)(H,44,46). The highest BCUT2D eigenvalue weighted by atomic mass is 16.5. The highest BCUT2D eigenvalue weighted by Gasteiger charge is 2.15. The SMILES string of the molecule is CC(C)(C)c1ccc(OCC(=O)Nc2ccc(-c3cnc(-c4ccc(NC(=O)COc5ccc(C(C)(C)C)cc5)cc4)nc3)cc2)cc1. The summed E-state index contributed by atoms with van der Waals surface area (Å²) in [6, 6.07) is 30.4. The van der Waals surface area contributed by atoms with E-state index in [4.69, 9.17) is 9.47 Å². The molecule has 8 nitrogen and oxygen atoms in total. The van der Waals surface area contributed by atoms with Crippen molar-refractivity contribution in [1.82, 2.24) is 9.97 Å². The molecule has 1 aromatic heterocycles. The maximum Gasteiger partial charge on any atom is 0.262 e. The molecule has 0 unspecified atom stereocenters. The van der Waals surface area contributed by atoms with Crippen LogP contribution in [0.25, 0.3) is 22.5 Å². The van der Waals surface area contributed by atoms with Gasteiger partial charge in [-0.2, -0.15) is 0 Å². The van der Waals surface area contributed by atoms with E-state index in [1.807, 2.05) is 97.1 Å². The first kappa shape index (κ1) is 33.9. The van der Waals surface area contributed by atoms with Gasteiger partial charge in [0.25, 0.3) is 11.8 Å². The third-order valence-electron chi connectivity index (χ3n) is 7.76. The van der Waals surface area contributed by atoms with E-state index in [1.54, 1.807) is 12.4 Å². The smallest absolute Gasteiger partial charge is 0.262 e. The number of hydrogen-bond donors (Lipinski definition) is 2. The fourth-order valence-corrected chi connectivity index (χ4v) is 4.87. The second-order valence-electron chi connectivity index (χ2n) is 13.7. The van der Waals surface area contributed by atoms with Crippen LogP contribution in [0.4, 0.5) is 11.4 Å². The first-order chi connectivity index (χ1) is 22.8. The van der Waals surface area contributed by atoms with E-state index >= 15 is 0 Å². The summed E-state index contributed by atoms with van der Waals surface area (Å²) in [6.45, 7) is 12.7. The van der Waals surface area contributed by atoms with Gasteiger partial charge in [-0.25, -0.2) is 9.97 Å². The quantitative estimate of drug-likeness (QED) is 0.159. The Kier molecular flexibility index (Phi) is 10.2. The molecule has 1 heterocycles. The van der Waals surface area contributed by atoms with Gasteiger partial charge in [-0.05, 0) is 88.2 Å². The molecule has 5 aromatic rings. The third-order valence-corrected chi connectivity index (χ3v) is 7.76. The minimum absolute atomic E-state index is 0.0563. The zero-order valence-corrected chi connectivity index (χ0v) is 28.3. The highest BCUT2D eigenvalue weighted by Crippen LogP contribution is 2.26. The largest absolute Gasteiger partial charge is 0.484 e. The Morgan fingerprint density at radius 3 is 1.27 bits per heavy atom. The molecule has 0 saturated heterocycles. The van der Waals surface area contributed by atoms with Crippen LogP contribution in [0.15, 0.2) is 109 Å². The number of benzene rings is 4. The average Bonchev–Trinajstić information content (AvgIpc) is 3.07. The van der Waals surface area contributed by atoms with Crippen molar-refractivity contribution >= 4 is 23.2 Å². The van der Waals surface area contributed by atoms with Gasteiger partial charge in [0.05, 0.1) is 0 Å². The number of carbonyl (C=O) groups excluding carboxylic acids is 2. The Morgan fingerprint density at radius 1 is 0.521 bits per heavy atom. The lowest BCUT2D eigenvalue weighted by molar-refractivity contribution is -0.118. The van der Waals surface area contributed by atoms with E-state index < -0.39 is 0 Å². The zero-order chi connectivity index (χ0) is 34.3. The number of nitrogens with one attached hydrogen (secondary N) is 2. The first-order valence-corrected chi connectivity index (χ1v) is 15.9. The molecular weight excluding hydrogens is 600 g/mol. The van der Waals surface area contributed by atoms with Crippen molar-refractivity contribution in [2.45, 2.75) is 52.4 Å². The lowest BCUT2D eigenvalue weighted by Crippen LogP contribution is -2.20. The molecule has 8 heteroatoms. The number of ether oxygens (including phenoxy) is 2. The van der Waals surface area contributed by atoms with Gasteiger partial charge in [0.15, 0.2) is 19.0 Å². The fourth-order valence-electron chi connectivity index (χ4n) is 4.87. The van der Waals surface area contributed by atoms with Crippen molar-refractivity contribution in [2.75, 3.05) is 23.8 Å². The summed E-state index contributed by atoms with van der Waals surface area (Å²) in [5.74, 6) is 1.38. The van der Waals surface area contributed by atoms with Gasteiger partial charge in [-0.15, -0.1) is 0 Å². The van der Waals surface area contributed by atoms with Crippen LogP contribution in [-0.4, -0.2) is 35.0 Å². The molecule has 0 aliphatic carbocycles. The lowest BCUT2D eigenvalue weighted by Gasteiger charge is -2.19. The molecule has 0 saturated carbocycles. The molecule has 48 heavy (non-hydrogen) atoms. The molecule has 246 valence electrons. The van der Waals surface area contributed by atoms with E-state index in [1.165, 1.54) is 11.1 Å². The number of anilines is 2. The predicted octanol–water partition coefficient (Wildman–Crippen LogP) is 8.44. The van der Waals surface area contributed by atoms with Crippen LogP contribution in [0.1, 0.15) is 52.7 Å². The second kappa shape index (κ2) is 14.5. The van der Waals surface area contributed by atoms with Crippen LogP contribution in [0.5, 0.6) is 11.5 Å². The summed E-state index contributed by atoms with van der Waals surface area (Å²) in [4.78, 5) is 34.0. The summed E-state index contributed by atoms with van der Waals surface area (Å²) in [5, 5.41) is 5.72. The number of nitrogens with zero attached hydrogens (tertiary/aromatic N) is 2. The summed E-state index contributed by atoms with van der Waals surface area (Å²) in [5.41, 5.74) is 6.42. The molecule has 2 N–H and O–H groups in total. The fraction of sp³-hybridized carbons (Fsp3) is 0.250. The topological polar surface area (TPSA) is 102 Å². The van der Waals surface area contributed by atoms with Gasteiger partial charge in [0.1, 0.15) is 11.5 Å². The van der Waals surface area contributed by atoms with Crippen molar-refractivity contribution in [3.8, 4) is 34.0 Å². The molecule has 0 atom stereocenters. The molecule has 0 aliphatic rings. The predicted molar refractivity (Wildman–Crippen MR) is 191 cm³/mol. The van der Waals surface area contributed by atoms with Gasteiger partial charge in [-0.3, -0.25) is 9.59 Å². The number of hydrogen-bond acceptors (Lipinski definition) is 6. The molecule has 5 rings (SSSR count). The minimum Gasteiger partial charge on any atom is -0.484 e. The van der Waals surface area contributed by atoms with E-state index in [2.05, 4.69) is 62.1 Å². The lowest BCUT2D eigenvalue weighted by atomic mass is 9.87. The number of amides is 2. The van der Waals surface area contributed by atoms with Gasteiger partial charge in [-0.1, -0.05) is 77.9 Å². The number of aromatic nitrogens is 2. The summed E-state index contributed by atoms with van der Waals surface area (Å²) >= 11 is 0. The van der Waals surface area contributed by atoms with E-state index in [0.717, 1.165) is 16.7 Å². The third kappa shape index (κ3) is 9.28. The summed E-state index contributed by atoms with van der Waals surface area (Å²) < 4.78 is 11.3. The number of rotatable bonds is 10. The normalized spacial score (nSPS) is 11.5. The summed E-state index contributed by atoms with van der Waals surface area (Å²) in [6.07, 6.45) is 3.52. The monoisotopic (exact) mass is 642 g/mol. The van der Waals surface area contributed by atoms with Gasteiger partial charge in [0.2, 0.25) is 0 Å². The van der Waals surface area contributed by atoms with E-state index in [0.29, 0.717) is 28.7 Å². The Labute approximate surface area is 282 Å². The van der Waals surface area contributed by atoms with Crippen LogP contribution in [0.2, 0.25) is 0 Å². The minimum atomic E-state index is -0.246. The Balaban J connectivity index is 1.09. The van der Waals surface area contributed by atoms with Crippen molar-refractivity contribution in [2.24, 2.45) is 0 Å². The van der Waals surface area contributed by atoms with Crippen LogP contribution in [-0.2, 0) is 20.4 Å². The van der Waals surface area contributed by atoms with Gasteiger partial charge >= 0.3 is 0 Å². The van der Waals surface area contributed by atoms with Crippen molar-refractivity contribution in [3.63, 3.8) is 0 Å². The zero-order valence-electron chi connectivity index (χ0n) is 28.3.